The largest absolute Gasteiger partial charge is 0.469 e. The molecule has 6 heteroatoms. The van der Waals surface area contributed by atoms with Crippen LogP contribution in [0.3, 0.4) is 0 Å². The first kappa shape index (κ1) is 16.8. The van der Waals surface area contributed by atoms with E-state index in [1.807, 2.05) is 24.3 Å². The van der Waals surface area contributed by atoms with E-state index in [0.29, 0.717) is 17.7 Å². The Morgan fingerprint density at radius 2 is 1.75 bits per heavy atom. The van der Waals surface area contributed by atoms with Gasteiger partial charge in [-0.1, -0.05) is 28.1 Å². The number of carbonyl (C=O) groups excluding carboxylic acids is 2. The minimum atomic E-state index is -0.737. The second-order valence-corrected chi connectivity index (χ2v) is 6.63. The molecule has 1 aromatic carbocycles. The summed E-state index contributed by atoms with van der Waals surface area (Å²) >= 11 is 3.41. The fourth-order valence-electron chi connectivity index (χ4n) is 3.42. The second-order valence-electron chi connectivity index (χ2n) is 5.71. The third-order valence-corrected chi connectivity index (χ3v) is 5.07. The van der Waals surface area contributed by atoms with Gasteiger partial charge in [-0.05, 0) is 23.8 Å². The van der Waals surface area contributed by atoms with E-state index < -0.39 is 23.8 Å². The maximum absolute atomic E-state index is 12.5. The van der Waals surface area contributed by atoms with Gasteiger partial charge < -0.3 is 13.9 Å². The molecule has 24 heavy (non-hydrogen) atoms. The van der Waals surface area contributed by atoms with Crippen LogP contribution in [-0.2, 0) is 25.5 Å². The molecule has 1 aliphatic carbocycles. The minimum Gasteiger partial charge on any atom is -0.469 e. The van der Waals surface area contributed by atoms with Crippen molar-refractivity contribution in [2.75, 3.05) is 14.2 Å². The summed E-state index contributed by atoms with van der Waals surface area (Å²) in [5.41, 5.74) is 1.65. The Morgan fingerprint density at radius 1 is 1.08 bits per heavy atom. The van der Waals surface area contributed by atoms with Crippen LogP contribution in [0.2, 0.25) is 0 Å². The molecule has 0 unspecified atom stereocenters. The van der Waals surface area contributed by atoms with Gasteiger partial charge in [0.15, 0.2) is 0 Å². The van der Waals surface area contributed by atoms with Crippen LogP contribution in [0.4, 0.5) is 0 Å². The maximum Gasteiger partial charge on any atom is 0.314 e. The van der Waals surface area contributed by atoms with Crippen molar-refractivity contribution in [3.8, 4) is 0 Å². The predicted octanol–water partition coefficient (Wildman–Crippen LogP) is 3.43. The van der Waals surface area contributed by atoms with Gasteiger partial charge >= 0.3 is 11.9 Å². The molecule has 1 aromatic heterocycles. The average Bonchev–Trinajstić information content (AvgIpc) is 3.07. The van der Waals surface area contributed by atoms with E-state index in [1.54, 1.807) is 12.3 Å². The molecular weight excluding hydrogens is 376 g/mol. The molecule has 126 valence electrons. The highest BCUT2D eigenvalue weighted by atomic mass is 79.9. The average molecular weight is 393 g/mol. The van der Waals surface area contributed by atoms with Crippen molar-refractivity contribution in [3.05, 3.63) is 58.0 Å². The fraction of sp³-hybridized carbons (Fsp3) is 0.333. The van der Waals surface area contributed by atoms with E-state index in [1.165, 1.54) is 14.2 Å². The minimum absolute atomic E-state index is 0.228. The van der Waals surface area contributed by atoms with Gasteiger partial charge in [0.2, 0.25) is 0 Å². The first-order chi connectivity index (χ1) is 11.6. The lowest BCUT2D eigenvalue weighted by molar-refractivity contribution is -0.155. The molecule has 0 spiro atoms. The Labute approximate surface area is 148 Å². The van der Waals surface area contributed by atoms with Crippen molar-refractivity contribution in [1.82, 2.24) is 0 Å². The number of carbonyl (C=O) groups is 2. The summed E-state index contributed by atoms with van der Waals surface area (Å²) in [6.07, 6.45) is 2.07. The predicted molar refractivity (Wildman–Crippen MR) is 89.6 cm³/mol. The summed E-state index contributed by atoms with van der Waals surface area (Å²) in [6, 6.07) is 9.42. The van der Waals surface area contributed by atoms with Gasteiger partial charge in [0.1, 0.15) is 5.76 Å². The zero-order chi connectivity index (χ0) is 17.3. The van der Waals surface area contributed by atoms with E-state index in [9.17, 15) is 9.59 Å². The topological polar surface area (TPSA) is 65.7 Å². The normalized spacial score (nSPS) is 22.5. The van der Waals surface area contributed by atoms with Gasteiger partial charge in [0.25, 0.3) is 0 Å². The zero-order valence-electron chi connectivity index (χ0n) is 13.3. The first-order valence-corrected chi connectivity index (χ1v) is 8.33. The number of ether oxygens (including phenoxy) is 2. The van der Waals surface area contributed by atoms with Crippen LogP contribution >= 0.6 is 15.9 Å². The van der Waals surface area contributed by atoms with Crippen molar-refractivity contribution in [2.45, 2.75) is 18.3 Å². The van der Waals surface area contributed by atoms with Crippen molar-refractivity contribution in [1.29, 1.82) is 0 Å². The number of fused-ring (bicyclic) bond motifs is 1. The smallest absolute Gasteiger partial charge is 0.314 e. The highest BCUT2D eigenvalue weighted by Crippen LogP contribution is 2.46. The second kappa shape index (κ2) is 6.81. The van der Waals surface area contributed by atoms with E-state index in [2.05, 4.69) is 15.9 Å². The van der Waals surface area contributed by atoms with Crippen LogP contribution in [0.1, 0.15) is 28.7 Å². The monoisotopic (exact) mass is 392 g/mol. The molecule has 2 aromatic rings. The van der Waals surface area contributed by atoms with Crippen LogP contribution < -0.4 is 0 Å². The van der Waals surface area contributed by atoms with E-state index in [-0.39, 0.29) is 5.92 Å². The summed E-state index contributed by atoms with van der Waals surface area (Å²) < 4.78 is 16.4. The number of halogens is 1. The Bertz CT molecular complexity index is 749. The van der Waals surface area contributed by atoms with Gasteiger partial charge in [-0.2, -0.15) is 0 Å². The number of rotatable bonds is 3. The number of hydrogen-bond donors (Lipinski definition) is 0. The number of benzene rings is 1. The third kappa shape index (κ3) is 2.86. The zero-order valence-corrected chi connectivity index (χ0v) is 14.9. The first-order valence-electron chi connectivity index (χ1n) is 7.54. The van der Waals surface area contributed by atoms with E-state index >= 15 is 0 Å². The van der Waals surface area contributed by atoms with Crippen molar-refractivity contribution in [3.63, 3.8) is 0 Å². The molecule has 5 nitrogen and oxygen atoms in total. The summed E-state index contributed by atoms with van der Waals surface area (Å²) in [4.78, 5) is 24.9. The molecule has 1 aliphatic rings. The lowest BCUT2D eigenvalue weighted by atomic mass is 9.68. The Morgan fingerprint density at radius 3 is 2.38 bits per heavy atom. The summed E-state index contributed by atoms with van der Waals surface area (Å²) in [5.74, 6) is -1.81. The SMILES string of the molecule is COC(=O)[C@H]1[C@H](c2ccc(Br)cc2)Cc2occc2[C@@H]1C(=O)OC. The third-order valence-electron chi connectivity index (χ3n) is 4.54. The lowest BCUT2D eigenvalue weighted by Gasteiger charge is -2.34. The van der Waals surface area contributed by atoms with Crippen molar-refractivity contribution in [2.24, 2.45) is 5.92 Å². The summed E-state index contributed by atoms with van der Waals surface area (Å²) in [7, 11) is 2.65. The number of hydrogen-bond acceptors (Lipinski definition) is 5. The molecule has 0 saturated carbocycles. The molecule has 1 heterocycles. The van der Waals surface area contributed by atoms with Crippen LogP contribution in [0, 0.1) is 5.92 Å². The Hall–Kier alpha value is -2.08. The van der Waals surface area contributed by atoms with Crippen LogP contribution in [0.5, 0.6) is 0 Å². The molecular formula is C18H17BrO5. The molecule has 0 amide bonds. The van der Waals surface area contributed by atoms with Gasteiger partial charge in [0.05, 0.1) is 32.3 Å². The molecule has 3 rings (SSSR count). The van der Waals surface area contributed by atoms with Gasteiger partial charge in [-0.3, -0.25) is 9.59 Å². The quantitative estimate of drug-likeness (QED) is 0.748. The van der Waals surface area contributed by atoms with Gasteiger partial charge in [-0.25, -0.2) is 0 Å². The molecule has 0 aliphatic heterocycles. The molecule has 3 atom stereocenters. The Balaban J connectivity index is 2.12. The number of furan rings is 1. The number of esters is 2. The molecule has 0 saturated heterocycles. The van der Waals surface area contributed by atoms with Crippen molar-refractivity contribution >= 4 is 27.9 Å². The molecule has 0 fully saturated rings. The molecule has 0 bridgehead atoms. The van der Waals surface area contributed by atoms with Crippen molar-refractivity contribution < 1.29 is 23.5 Å². The fourth-order valence-corrected chi connectivity index (χ4v) is 3.68. The van der Waals surface area contributed by atoms with Crippen LogP contribution in [-0.4, -0.2) is 26.2 Å². The summed E-state index contributed by atoms with van der Waals surface area (Å²) in [6.45, 7) is 0. The van der Waals surface area contributed by atoms with Crippen LogP contribution in [0.25, 0.3) is 0 Å². The lowest BCUT2D eigenvalue weighted by Crippen LogP contribution is -2.38. The maximum atomic E-state index is 12.5. The van der Waals surface area contributed by atoms with E-state index in [0.717, 1.165) is 10.0 Å². The molecule has 0 N–H and O–H groups in total. The van der Waals surface area contributed by atoms with Crippen LogP contribution in [0.15, 0.2) is 45.5 Å². The number of methoxy groups -OCH3 is 2. The van der Waals surface area contributed by atoms with Gasteiger partial charge in [-0.15, -0.1) is 0 Å². The highest BCUT2D eigenvalue weighted by Gasteiger charge is 2.48. The summed E-state index contributed by atoms with van der Waals surface area (Å²) in [5, 5.41) is 0. The van der Waals surface area contributed by atoms with Gasteiger partial charge in [0, 0.05) is 22.4 Å². The van der Waals surface area contributed by atoms with E-state index in [4.69, 9.17) is 13.9 Å². The molecule has 0 radical (unpaired) electrons. The highest BCUT2D eigenvalue weighted by molar-refractivity contribution is 9.10. The standard InChI is InChI=1S/C18H17BrO5/c1-22-17(20)15-12-7-8-24-14(12)9-13(16(15)18(21)23-2)10-3-5-11(19)6-4-10/h3-8,13,15-16H,9H2,1-2H3/t13-,15-,16-/m0/s1. The Kier molecular flexibility index (Phi) is 4.76.